The molecule has 0 bridgehead atoms. The lowest BCUT2D eigenvalue weighted by Gasteiger charge is -2.22. The van der Waals surface area contributed by atoms with Gasteiger partial charge in [0, 0.05) is 31.2 Å². The van der Waals surface area contributed by atoms with E-state index in [1.54, 1.807) is 26.4 Å². The normalized spacial score (nSPS) is 19.4. The van der Waals surface area contributed by atoms with Gasteiger partial charge in [-0.1, -0.05) is 69.3 Å². The minimum atomic E-state index is -0.256. The second-order valence-corrected chi connectivity index (χ2v) is 10.3. The van der Waals surface area contributed by atoms with Gasteiger partial charge in [-0.15, -0.1) is 0 Å². The smallest absolute Gasteiger partial charge is 0.188 e. The molecule has 35 heavy (non-hydrogen) atoms. The van der Waals surface area contributed by atoms with Crippen LogP contribution in [0.25, 0.3) is 0 Å². The summed E-state index contributed by atoms with van der Waals surface area (Å²) in [5, 5.41) is 2.17. The van der Waals surface area contributed by atoms with Gasteiger partial charge in [0.25, 0.3) is 0 Å². The van der Waals surface area contributed by atoms with Gasteiger partial charge >= 0.3 is 0 Å². The van der Waals surface area contributed by atoms with Crippen LogP contribution in [0.3, 0.4) is 0 Å². The van der Waals surface area contributed by atoms with Crippen molar-refractivity contribution in [2.24, 2.45) is 16.8 Å². The van der Waals surface area contributed by atoms with E-state index >= 15 is 0 Å². The number of rotatable bonds is 10. The molecule has 2 aromatic rings. The molecular weight excluding hydrogens is 456 g/mol. The van der Waals surface area contributed by atoms with Crippen LogP contribution in [-0.2, 0) is 17.6 Å². The van der Waals surface area contributed by atoms with E-state index < -0.39 is 0 Å². The molecule has 0 fully saturated rings. The quantitative estimate of drug-likeness (QED) is 0.239. The van der Waals surface area contributed by atoms with Gasteiger partial charge in [0.1, 0.15) is 11.6 Å². The Bertz CT molecular complexity index is 1170. The van der Waals surface area contributed by atoms with Crippen LogP contribution in [0.4, 0.5) is 4.39 Å². The van der Waals surface area contributed by atoms with E-state index in [0.717, 1.165) is 47.6 Å². The van der Waals surface area contributed by atoms with Crippen LogP contribution in [0, 0.1) is 17.7 Å². The highest BCUT2D eigenvalue weighted by molar-refractivity contribution is 7.56. The Morgan fingerprint density at radius 2 is 1.71 bits per heavy atom. The Morgan fingerprint density at radius 3 is 2.37 bits per heavy atom. The fourth-order valence-electron chi connectivity index (χ4n) is 4.60. The lowest BCUT2D eigenvalue weighted by atomic mass is 9.89. The number of allylic oxidation sites excluding steroid dienone is 8. The first-order chi connectivity index (χ1) is 17.2. The van der Waals surface area contributed by atoms with Crippen molar-refractivity contribution in [1.29, 1.82) is 0 Å². The van der Waals surface area contributed by atoms with Crippen molar-refractivity contribution in [1.82, 2.24) is 0 Å². The van der Waals surface area contributed by atoms with E-state index in [1.807, 2.05) is 6.07 Å². The third kappa shape index (κ3) is 7.10. The molecule has 3 unspecified atom stereocenters. The third-order valence-electron chi connectivity index (χ3n) is 6.22. The molecule has 0 spiro atoms. The molecule has 0 heterocycles. The summed E-state index contributed by atoms with van der Waals surface area (Å²) >= 11 is 0. The van der Waals surface area contributed by atoms with Crippen LogP contribution in [-0.4, -0.2) is 27.2 Å². The molecular formula is C30H33FNO2P. The molecule has 0 saturated heterocycles. The monoisotopic (exact) mass is 489 g/mol. The minimum absolute atomic E-state index is 0.188. The van der Waals surface area contributed by atoms with E-state index in [2.05, 4.69) is 65.7 Å². The maximum atomic E-state index is 14.0. The molecule has 3 nitrogen and oxygen atoms in total. The van der Waals surface area contributed by atoms with Gasteiger partial charge in [0.2, 0.25) is 0 Å². The Balaban J connectivity index is 1.75. The van der Waals surface area contributed by atoms with Crippen molar-refractivity contribution >= 4 is 25.4 Å². The summed E-state index contributed by atoms with van der Waals surface area (Å²) < 4.78 is 25.5. The van der Waals surface area contributed by atoms with Gasteiger partial charge in [0.15, 0.2) is 6.79 Å². The van der Waals surface area contributed by atoms with Crippen LogP contribution < -0.4 is 15.3 Å². The van der Waals surface area contributed by atoms with E-state index in [-0.39, 0.29) is 12.6 Å². The van der Waals surface area contributed by atoms with Crippen molar-refractivity contribution < 1.29 is 13.9 Å². The van der Waals surface area contributed by atoms with Gasteiger partial charge in [-0.3, -0.25) is 4.99 Å². The molecule has 0 aliphatic heterocycles. The highest BCUT2D eigenvalue weighted by Gasteiger charge is 2.19. The first kappa shape index (κ1) is 25.3. The van der Waals surface area contributed by atoms with E-state index in [9.17, 15) is 4.39 Å². The lowest BCUT2D eigenvalue weighted by molar-refractivity contribution is 0.0511. The Morgan fingerprint density at radius 1 is 0.971 bits per heavy atom. The first-order valence-corrected chi connectivity index (χ1v) is 13.1. The number of halogens is 1. The Hall–Kier alpha value is -2.81. The summed E-state index contributed by atoms with van der Waals surface area (Å²) in [5.74, 6) is 1.55. The van der Waals surface area contributed by atoms with Crippen molar-refractivity contribution in [3.05, 3.63) is 101 Å². The average Bonchev–Trinajstić information content (AvgIpc) is 2.87. The van der Waals surface area contributed by atoms with E-state index in [4.69, 9.17) is 9.47 Å². The first-order valence-electron chi connectivity index (χ1n) is 12.1. The van der Waals surface area contributed by atoms with Gasteiger partial charge in [-0.25, -0.2) is 4.39 Å². The number of methoxy groups -OCH3 is 1. The molecule has 182 valence electrons. The standard InChI is InChI=1S/C30H33FNO2P/c1-32-20-26-19-27(31)13-14-28(26)35-29-18-24(15-22-9-5-3-6-10-22)17-25(30(29)34-21-33-2)16-23-11-7-4-8-12-23/h3-9,11,13-14,17-20,22-23,35H,10,12,15-16,21H2,1-2H3/b32-20+. The second kappa shape index (κ2) is 12.8. The van der Waals surface area contributed by atoms with Crippen LogP contribution in [0.2, 0.25) is 0 Å². The highest BCUT2D eigenvalue weighted by atomic mass is 31.1. The number of aliphatic imine (C=N–C) groups is 1. The Labute approximate surface area is 209 Å². The van der Waals surface area contributed by atoms with Crippen LogP contribution in [0.1, 0.15) is 29.5 Å². The van der Waals surface area contributed by atoms with Crippen molar-refractivity contribution in [3.63, 3.8) is 0 Å². The van der Waals surface area contributed by atoms with Gasteiger partial charge in [-0.05, 0) is 72.1 Å². The molecule has 0 amide bonds. The summed E-state index contributed by atoms with van der Waals surface area (Å²) in [6, 6.07) is 9.52. The summed E-state index contributed by atoms with van der Waals surface area (Å²) in [6.45, 7) is 0.188. The maximum Gasteiger partial charge on any atom is 0.188 e. The largest absolute Gasteiger partial charge is 0.467 e. The van der Waals surface area contributed by atoms with Gasteiger partial charge in [-0.2, -0.15) is 0 Å². The van der Waals surface area contributed by atoms with Crippen molar-refractivity contribution in [3.8, 4) is 5.75 Å². The topological polar surface area (TPSA) is 30.8 Å². The molecule has 2 aromatic carbocycles. The molecule has 0 saturated carbocycles. The van der Waals surface area contributed by atoms with Crippen LogP contribution >= 0.6 is 8.58 Å². The van der Waals surface area contributed by atoms with Crippen LogP contribution in [0.15, 0.2) is 83.9 Å². The summed E-state index contributed by atoms with van der Waals surface area (Å²) in [6.07, 6.45) is 23.2. The molecule has 3 atom stereocenters. The molecule has 0 N–H and O–H groups in total. The number of ether oxygens (including phenoxy) is 2. The maximum absolute atomic E-state index is 14.0. The summed E-state index contributed by atoms with van der Waals surface area (Å²) in [4.78, 5) is 4.14. The number of hydrogen-bond donors (Lipinski definition) is 0. The molecule has 0 radical (unpaired) electrons. The summed E-state index contributed by atoms with van der Waals surface area (Å²) in [5.41, 5.74) is 3.31. The zero-order valence-electron chi connectivity index (χ0n) is 20.4. The van der Waals surface area contributed by atoms with E-state index in [1.165, 1.54) is 17.2 Å². The molecule has 2 aliphatic rings. The fourth-order valence-corrected chi connectivity index (χ4v) is 5.94. The van der Waals surface area contributed by atoms with Gasteiger partial charge in [0.05, 0.1) is 0 Å². The molecule has 2 aliphatic carbocycles. The summed E-state index contributed by atoms with van der Waals surface area (Å²) in [7, 11) is 3.66. The zero-order chi connectivity index (χ0) is 24.5. The number of nitrogens with zero attached hydrogens (tertiary/aromatic N) is 1. The minimum Gasteiger partial charge on any atom is -0.467 e. The average molecular weight is 490 g/mol. The van der Waals surface area contributed by atoms with Crippen molar-refractivity contribution in [2.75, 3.05) is 21.0 Å². The lowest BCUT2D eigenvalue weighted by Crippen LogP contribution is -2.18. The number of hydrogen-bond acceptors (Lipinski definition) is 3. The predicted octanol–water partition coefficient (Wildman–Crippen LogP) is 5.84. The van der Waals surface area contributed by atoms with Crippen LogP contribution in [0.5, 0.6) is 5.75 Å². The second-order valence-electron chi connectivity index (χ2n) is 8.95. The SMILES string of the molecule is C/N=C/c1cc(F)ccc1Pc1cc(CC2C=CC=CC2)cc(CC2C=CC=CC2)c1OCOC. The number of benzene rings is 2. The Kier molecular flexibility index (Phi) is 9.22. The third-order valence-corrected chi connectivity index (χ3v) is 7.58. The molecule has 4 rings (SSSR count). The molecule has 5 heteroatoms. The fraction of sp³-hybridized carbons (Fsp3) is 0.300. The zero-order valence-corrected chi connectivity index (χ0v) is 21.4. The molecule has 0 aromatic heterocycles. The predicted molar refractivity (Wildman–Crippen MR) is 147 cm³/mol. The van der Waals surface area contributed by atoms with Crippen molar-refractivity contribution in [2.45, 2.75) is 25.7 Å². The van der Waals surface area contributed by atoms with E-state index in [0.29, 0.717) is 20.4 Å². The highest BCUT2D eigenvalue weighted by Crippen LogP contribution is 2.31. The van der Waals surface area contributed by atoms with Gasteiger partial charge < -0.3 is 9.47 Å².